The van der Waals surface area contributed by atoms with Crippen LogP contribution in [0.15, 0.2) is 85.1 Å². The summed E-state index contributed by atoms with van der Waals surface area (Å²) in [7, 11) is 6.34. The third-order valence-electron chi connectivity index (χ3n) is 5.41. The summed E-state index contributed by atoms with van der Waals surface area (Å²) >= 11 is 0. The molecule has 0 N–H and O–H groups in total. The molecule has 0 saturated carbocycles. The maximum Gasteiger partial charge on any atom is 0.311 e. The fourth-order valence-corrected chi connectivity index (χ4v) is 3.54. The zero-order valence-corrected chi connectivity index (χ0v) is 18.8. The molecule has 0 aliphatic heterocycles. The molecule has 0 aliphatic carbocycles. The monoisotopic (exact) mass is 557 g/mol. The second kappa shape index (κ2) is 20.3. The Bertz CT molecular complexity index is 1190. The molecule has 1 heterocycles. The zero-order chi connectivity index (χ0) is 22.6. The fraction of sp³-hybridized carbons (Fsp3) is 0.400. The van der Waals surface area contributed by atoms with Gasteiger partial charge >= 0.3 is 5.97 Å². The molecule has 0 amide bonds. The molecule has 0 aliphatic rings. The molecule has 4 rings (SSSR count). The first-order chi connectivity index (χ1) is 15.4. The van der Waals surface area contributed by atoms with Gasteiger partial charge in [0.15, 0.2) is 6.73 Å². The van der Waals surface area contributed by atoms with Gasteiger partial charge in [0.25, 0.3) is 0 Å². The Balaban J connectivity index is -0.000000510. The number of nitrogens with zero attached hydrogens (tertiary/aromatic N) is 2. The summed E-state index contributed by atoms with van der Waals surface area (Å²) in [5.41, 5.74) is 4.26. The van der Waals surface area contributed by atoms with Crippen LogP contribution in [0.5, 0.6) is 5.75 Å². The zero-order valence-electron chi connectivity index (χ0n) is 18.8. The molecule has 4 aromatic rings. The van der Waals surface area contributed by atoms with E-state index in [4.69, 9.17) is 9.47 Å². The summed E-state index contributed by atoms with van der Waals surface area (Å²) in [6.45, 7) is 0.712. The number of hydrogen-bond donors (Lipinski definition) is 0. The molecule has 5 heteroatoms. The normalized spacial score (nSPS) is 9.18. The Labute approximate surface area is 248 Å². The van der Waals surface area contributed by atoms with Crippen molar-refractivity contribution in [2.45, 2.75) is 79.2 Å². The number of aromatic nitrogens is 1. The standard InChI is InChI=1S/C27H29N2O3.8CH4/c1-29(2,3)24-11-9-21(10-12-24)17-27(30)32-20-28-16-15-23-18-25(13-14-26(23)28)31-19-22-7-5-4-6-8-22;;;;;;;;/h4-16,18H,17,19-20H2,1-3H3;8*1H4/q+1;;;;;;;;. The molecule has 3 aromatic carbocycles. The lowest BCUT2D eigenvalue weighted by atomic mass is 10.1. The maximum absolute atomic E-state index is 12.3. The van der Waals surface area contributed by atoms with E-state index in [0.29, 0.717) is 6.61 Å². The first kappa shape index (κ1) is 46.3. The number of hydrogen-bond acceptors (Lipinski definition) is 3. The van der Waals surface area contributed by atoms with E-state index in [9.17, 15) is 4.79 Å². The number of fused-ring (bicyclic) bond motifs is 1. The van der Waals surface area contributed by atoms with Crippen molar-refractivity contribution < 1.29 is 14.3 Å². The minimum absolute atomic E-state index is 0. The molecule has 0 spiro atoms. The van der Waals surface area contributed by atoms with Crippen molar-refractivity contribution in [1.29, 1.82) is 0 Å². The Hall–Kier alpha value is -3.57. The van der Waals surface area contributed by atoms with Gasteiger partial charge in [-0.05, 0) is 47.5 Å². The van der Waals surface area contributed by atoms with Gasteiger partial charge in [-0.2, -0.15) is 0 Å². The van der Waals surface area contributed by atoms with Gasteiger partial charge in [-0.3, -0.25) is 9.28 Å². The number of carbonyl (C=O) groups is 1. The number of quaternary nitrogens is 1. The van der Waals surface area contributed by atoms with Crippen LogP contribution in [0.3, 0.4) is 0 Å². The summed E-state index contributed by atoms with van der Waals surface area (Å²) in [4.78, 5) is 12.3. The summed E-state index contributed by atoms with van der Waals surface area (Å²) in [5.74, 6) is 0.570. The summed E-state index contributed by atoms with van der Waals surface area (Å²) < 4.78 is 14.1. The highest BCUT2D eigenvalue weighted by Gasteiger charge is 2.13. The SMILES string of the molecule is C.C.C.C.C.C.C.C.C[N+](C)(C)c1ccc(CC(=O)OCn2ccc3cc(OCc4ccccc4)ccc32)cc1. The van der Waals surface area contributed by atoms with E-state index in [2.05, 4.69) is 33.3 Å². The van der Waals surface area contributed by atoms with Gasteiger partial charge in [-0.1, -0.05) is 102 Å². The number of ether oxygens (including phenoxy) is 2. The van der Waals surface area contributed by atoms with Crippen molar-refractivity contribution in [3.8, 4) is 5.75 Å². The van der Waals surface area contributed by atoms with Crippen LogP contribution >= 0.6 is 0 Å². The van der Waals surface area contributed by atoms with Crippen molar-refractivity contribution >= 4 is 22.6 Å². The first-order valence-corrected chi connectivity index (χ1v) is 10.7. The molecule has 0 radical (unpaired) electrons. The Morgan fingerprint density at radius 3 is 1.90 bits per heavy atom. The Kier molecular flexibility index (Phi) is 23.6. The van der Waals surface area contributed by atoms with Crippen LogP contribution in [0.2, 0.25) is 0 Å². The van der Waals surface area contributed by atoms with Gasteiger partial charge in [0, 0.05) is 11.6 Å². The van der Waals surface area contributed by atoms with Crippen LogP contribution in [-0.2, 0) is 29.3 Å². The molecule has 0 saturated heterocycles. The second-order valence-corrected chi connectivity index (χ2v) is 8.78. The molecule has 0 atom stereocenters. The van der Waals surface area contributed by atoms with Crippen LogP contribution in [0, 0.1) is 0 Å². The van der Waals surface area contributed by atoms with E-state index >= 15 is 0 Å². The van der Waals surface area contributed by atoms with Gasteiger partial charge in [-0.25, -0.2) is 0 Å². The molecule has 0 unspecified atom stereocenters. The van der Waals surface area contributed by atoms with Gasteiger partial charge < -0.3 is 14.0 Å². The molecule has 5 nitrogen and oxygen atoms in total. The summed E-state index contributed by atoms with van der Waals surface area (Å²) in [6.07, 6.45) is 2.18. The van der Waals surface area contributed by atoms with E-state index in [0.717, 1.165) is 32.3 Å². The highest BCUT2D eigenvalue weighted by molar-refractivity contribution is 5.81. The molecular formula is C35H61N2O3+. The lowest BCUT2D eigenvalue weighted by molar-refractivity contribution is -0.146. The average Bonchev–Trinajstić information content (AvgIpc) is 3.19. The average molecular weight is 558 g/mol. The Morgan fingerprint density at radius 2 is 1.32 bits per heavy atom. The molecule has 0 bridgehead atoms. The van der Waals surface area contributed by atoms with E-state index < -0.39 is 0 Å². The lowest BCUT2D eigenvalue weighted by Gasteiger charge is -2.23. The van der Waals surface area contributed by atoms with Gasteiger partial charge in [0.1, 0.15) is 18.0 Å². The molecule has 40 heavy (non-hydrogen) atoms. The van der Waals surface area contributed by atoms with Crippen LogP contribution in [-0.4, -0.2) is 31.7 Å². The quantitative estimate of drug-likeness (QED) is 0.160. The van der Waals surface area contributed by atoms with E-state index in [1.807, 2.05) is 77.5 Å². The predicted molar refractivity (Wildman–Crippen MR) is 182 cm³/mol. The van der Waals surface area contributed by atoms with Gasteiger partial charge in [0.2, 0.25) is 0 Å². The third-order valence-corrected chi connectivity index (χ3v) is 5.41. The van der Waals surface area contributed by atoms with Crippen LogP contribution < -0.4 is 9.22 Å². The topological polar surface area (TPSA) is 40.5 Å². The number of esters is 1. The van der Waals surface area contributed by atoms with E-state index in [-0.39, 0.29) is 78.5 Å². The lowest BCUT2D eigenvalue weighted by Crippen LogP contribution is -2.34. The predicted octanol–water partition coefficient (Wildman–Crippen LogP) is 10.2. The van der Waals surface area contributed by atoms with Crippen LogP contribution in [0.25, 0.3) is 10.9 Å². The van der Waals surface area contributed by atoms with Crippen molar-refractivity contribution in [3.05, 3.63) is 96.2 Å². The first-order valence-electron chi connectivity index (χ1n) is 10.7. The fourth-order valence-electron chi connectivity index (χ4n) is 3.54. The summed E-state index contributed by atoms with van der Waals surface area (Å²) in [6, 6.07) is 26.1. The van der Waals surface area contributed by atoms with E-state index in [1.54, 1.807) is 0 Å². The van der Waals surface area contributed by atoms with Crippen molar-refractivity contribution in [3.63, 3.8) is 0 Å². The third kappa shape index (κ3) is 12.1. The number of rotatable bonds is 8. The maximum atomic E-state index is 12.3. The second-order valence-electron chi connectivity index (χ2n) is 8.78. The van der Waals surface area contributed by atoms with Crippen LogP contribution in [0.1, 0.15) is 70.5 Å². The summed E-state index contributed by atoms with van der Waals surface area (Å²) in [5, 5.41) is 1.04. The van der Waals surface area contributed by atoms with E-state index in [1.165, 1.54) is 5.69 Å². The molecule has 1 aromatic heterocycles. The van der Waals surface area contributed by atoms with Crippen molar-refractivity contribution in [2.75, 3.05) is 21.1 Å². The highest BCUT2D eigenvalue weighted by atomic mass is 16.5. The van der Waals surface area contributed by atoms with Crippen LogP contribution in [0.4, 0.5) is 5.69 Å². The largest absolute Gasteiger partial charge is 0.489 e. The smallest absolute Gasteiger partial charge is 0.311 e. The van der Waals surface area contributed by atoms with Crippen molar-refractivity contribution in [1.82, 2.24) is 9.05 Å². The number of benzene rings is 3. The molecule has 0 fully saturated rings. The Morgan fingerprint density at radius 1 is 0.725 bits per heavy atom. The van der Waals surface area contributed by atoms with Crippen molar-refractivity contribution in [2.24, 2.45) is 0 Å². The minimum atomic E-state index is -0.243. The van der Waals surface area contributed by atoms with Gasteiger partial charge in [0.05, 0.1) is 33.1 Å². The highest BCUT2D eigenvalue weighted by Crippen LogP contribution is 2.23. The number of carbonyl (C=O) groups excluding carboxylic acids is 1. The van der Waals surface area contributed by atoms with Gasteiger partial charge in [-0.15, -0.1) is 0 Å². The minimum Gasteiger partial charge on any atom is -0.489 e. The molecular weight excluding hydrogens is 496 g/mol. The molecule has 228 valence electrons.